The number of hydrogen-bond donors (Lipinski definition) is 1. The Kier molecular flexibility index (Phi) is 4.63. The molecule has 6 nitrogen and oxygen atoms in total. The molecule has 3 rings (SSSR count). The SMILES string of the molecule is CC(C)(C)[Si]1(C(C)(C)C)OC[C@H]2S[C@@H](n3ccc(=O)[nH]c3=O)C[C@@H]2O1. The third-order valence-corrected chi connectivity index (χ3v) is 11.8. The highest BCUT2D eigenvalue weighted by Gasteiger charge is 2.63. The average molecular weight is 385 g/mol. The smallest absolute Gasteiger partial charge is 0.349 e. The van der Waals surface area contributed by atoms with Gasteiger partial charge in [0, 0.05) is 28.8 Å². The molecule has 0 radical (unpaired) electrons. The molecule has 2 fully saturated rings. The molecule has 1 N–H and O–H groups in total. The molecule has 2 aliphatic rings. The first-order valence-corrected chi connectivity index (χ1v) is 11.5. The van der Waals surface area contributed by atoms with E-state index in [-0.39, 0.29) is 38.1 Å². The number of fused-ring (bicyclic) bond motifs is 1. The van der Waals surface area contributed by atoms with Crippen LogP contribution in [0.5, 0.6) is 0 Å². The first-order valence-electron chi connectivity index (χ1n) is 8.73. The van der Waals surface area contributed by atoms with Gasteiger partial charge < -0.3 is 8.85 Å². The maximum atomic E-state index is 12.1. The Morgan fingerprint density at radius 3 is 2.40 bits per heavy atom. The molecule has 0 unspecified atom stereocenters. The average Bonchev–Trinajstić information content (AvgIpc) is 2.86. The molecule has 0 bridgehead atoms. The van der Waals surface area contributed by atoms with Gasteiger partial charge in [0.2, 0.25) is 0 Å². The van der Waals surface area contributed by atoms with E-state index in [0.29, 0.717) is 6.61 Å². The monoisotopic (exact) mass is 384 g/mol. The summed E-state index contributed by atoms with van der Waals surface area (Å²) in [7, 11) is -2.48. The second-order valence-corrected chi connectivity index (χ2v) is 15.1. The minimum absolute atomic E-state index is 0.0345. The fourth-order valence-electron chi connectivity index (χ4n) is 4.16. The van der Waals surface area contributed by atoms with E-state index in [1.807, 2.05) is 0 Å². The van der Waals surface area contributed by atoms with Crippen LogP contribution in [-0.4, -0.2) is 36.1 Å². The van der Waals surface area contributed by atoms with Crippen molar-refractivity contribution in [2.24, 2.45) is 0 Å². The standard InChI is InChI=1S/C17H28N2O4SSi/c1-16(2,3)25(17(4,5)6)22-10-12-11(23-25)9-14(24-12)19-8-7-13(20)18-15(19)21/h7-8,11-12,14H,9-10H2,1-6H3,(H,18,20,21)/t11-,12+,14+/m0/s1. The molecule has 3 atom stereocenters. The van der Waals surface area contributed by atoms with Crippen molar-refractivity contribution >= 4 is 20.3 Å². The maximum Gasteiger partial charge on any atom is 0.349 e. The lowest BCUT2D eigenvalue weighted by atomic mass is 10.2. The molecular formula is C17H28N2O4SSi. The van der Waals surface area contributed by atoms with Crippen molar-refractivity contribution in [1.82, 2.24) is 9.55 Å². The molecule has 1 aromatic heterocycles. The van der Waals surface area contributed by atoms with Crippen LogP contribution in [0.3, 0.4) is 0 Å². The molecule has 0 saturated carbocycles. The Bertz CT molecular complexity index is 747. The summed E-state index contributed by atoms with van der Waals surface area (Å²) in [4.78, 5) is 25.7. The number of aromatic nitrogens is 2. The Balaban J connectivity index is 1.88. The van der Waals surface area contributed by atoms with E-state index in [9.17, 15) is 9.59 Å². The van der Waals surface area contributed by atoms with Gasteiger partial charge >= 0.3 is 14.3 Å². The Hall–Kier alpha value is -0.833. The van der Waals surface area contributed by atoms with Gasteiger partial charge in [-0.05, 0) is 0 Å². The minimum atomic E-state index is -2.48. The summed E-state index contributed by atoms with van der Waals surface area (Å²) < 4.78 is 14.8. The molecule has 0 aliphatic carbocycles. The van der Waals surface area contributed by atoms with Crippen molar-refractivity contribution in [2.75, 3.05) is 6.61 Å². The molecule has 140 valence electrons. The fourth-order valence-corrected chi connectivity index (χ4v) is 10.9. The van der Waals surface area contributed by atoms with Gasteiger partial charge in [-0.2, -0.15) is 0 Å². The maximum absolute atomic E-state index is 12.1. The number of nitrogens with one attached hydrogen (secondary N) is 1. The first-order chi connectivity index (χ1) is 11.4. The molecule has 2 saturated heterocycles. The normalized spacial score (nSPS) is 29.4. The summed E-state index contributed by atoms with van der Waals surface area (Å²) in [6, 6.07) is 1.39. The van der Waals surface area contributed by atoms with E-state index in [4.69, 9.17) is 8.85 Å². The van der Waals surface area contributed by atoms with Crippen molar-refractivity contribution in [2.45, 2.75) is 74.8 Å². The number of rotatable bonds is 1. The molecule has 0 aromatic carbocycles. The van der Waals surface area contributed by atoms with Gasteiger partial charge in [0.15, 0.2) is 0 Å². The molecular weight excluding hydrogens is 356 g/mol. The highest BCUT2D eigenvalue weighted by Crippen LogP contribution is 2.57. The quantitative estimate of drug-likeness (QED) is 0.754. The zero-order chi connectivity index (χ0) is 18.6. The summed E-state index contributed by atoms with van der Waals surface area (Å²) in [5.41, 5.74) is -0.729. The van der Waals surface area contributed by atoms with Crippen molar-refractivity contribution in [3.05, 3.63) is 33.1 Å². The van der Waals surface area contributed by atoms with E-state index in [0.717, 1.165) is 6.42 Å². The highest BCUT2D eigenvalue weighted by atomic mass is 32.2. The number of H-pyrrole nitrogens is 1. The Morgan fingerprint density at radius 1 is 1.20 bits per heavy atom. The van der Waals surface area contributed by atoms with Crippen LogP contribution in [0.4, 0.5) is 0 Å². The zero-order valence-electron chi connectivity index (χ0n) is 15.8. The van der Waals surface area contributed by atoms with E-state index in [1.165, 1.54) is 6.07 Å². The summed E-state index contributed by atoms with van der Waals surface area (Å²) in [5.74, 6) is 0. The second kappa shape index (κ2) is 6.11. The summed E-state index contributed by atoms with van der Waals surface area (Å²) >= 11 is 1.70. The topological polar surface area (TPSA) is 73.3 Å². The van der Waals surface area contributed by atoms with Gasteiger partial charge in [0.1, 0.15) is 0 Å². The number of hydrogen-bond acceptors (Lipinski definition) is 5. The van der Waals surface area contributed by atoms with Crippen LogP contribution < -0.4 is 11.2 Å². The highest BCUT2D eigenvalue weighted by molar-refractivity contribution is 8.00. The molecule has 0 spiro atoms. The Labute approximate surface area is 153 Å². The van der Waals surface area contributed by atoms with Crippen molar-refractivity contribution < 1.29 is 8.85 Å². The lowest BCUT2D eigenvalue weighted by Crippen LogP contribution is -2.63. The van der Waals surface area contributed by atoms with Gasteiger partial charge in [0.05, 0.1) is 23.3 Å². The lowest BCUT2D eigenvalue weighted by Gasteiger charge is -2.53. The predicted octanol–water partition coefficient (Wildman–Crippen LogP) is 3.00. The van der Waals surface area contributed by atoms with Crippen LogP contribution in [0.15, 0.2) is 21.9 Å². The second-order valence-electron chi connectivity index (χ2n) is 8.97. The number of thioether (sulfide) groups is 1. The van der Waals surface area contributed by atoms with Crippen LogP contribution in [-0.2, 0) is 8.85 Å². The van der Waals surface area contributed by atoms with Crippen LogP contribution in [0.1, 0.15) is 53.3 Å². The molecule has 2 aliphatic heterocycles. The summed E-state index contributed by atoms with van der Waals surface area (Å²) in [6.45, 7) is 13.9. The third kappa shape index (κ3) is 3.18. The van der Waals surface area contributed by atoms with Crippen LogP contribution in [0.25, 0.3) is 0 Å². The van der Waals surface area contributed by atoms with E-state index < -0.39 is 8.56 Å². The fraction of sp³-hybridized carbons (Fsp3) is 0.765. The number of nitrogens with zero attached hydrogens (tertiary/aromatic N) is 1. The van der Waals surface area contributed by atoms with Crippen molar-refractivity contribution in [3.8, 4) is 0 Å². The number of aromatic amines is 1. The lowest BCUT2D eigenvalue weighted by molar-refractivity contribution is 0.0260. The van der Waals surface area contributed by atoms with E-state index in [2.05, 4.69) is 46.5 Å². The van der Waals surface area contributed by atoms with Gasteiger partial charge in [-0.25, -0.2) is 4.79 Å². The largest absolute Gasteiger partial charge is 0.392 e. The molecule has 8 heteroatoms. The predicted molar refractivity (Wildman–Crippen MR) is 102 cm³/mol. The van der Waals surface area contributed by atoms with E-state index >= 15 is 0 Å². The molecule has 0 amide bonds. The Morgan fingerprint density at radius 2 is 1.84 bits per heavy atom. The minimum Gasteiger partial charge on any atom is -0.392 e. The van der Waals surface area contributed by atoms with E-state index in [1.54, 1.807) is 22.5 Å². The third-order valence-electron chi connectivity index (χ3n) is 5.08. The summed E-state index contributed by atoms with van der Waals surface area (Å²) in [5, 5.41) is 0.0866. The van der Waals surface area contributed by atoms with Crippen LogP contribution in [0.2, 0.25) is 10.1 Å². The van der Waals surface area contributed by atoms with Crippen LogP contribution in [0, 0.1) is 0 Å². The van der Waals surface area contributed by atoms with Gasteiger partial charge in [-0.1, -0.05) is 41.5 Å². The van der Waals surface area contributed by atoms with Gasteiger partial charge in [0.25, 0.3) is 5.56 Å². The van der Waals surface area contributed by atoms with Crippen LogP contribution >= 0.6 is 11.8 Å². The van der Waals surface area contributed by atoms with Crippen molar-refractivity contribution in [3.63, 3.8) is 0 Å². The molecule has 3 heterocycles. The molecule has 25 heavy (non-hydrogen) atoms. The van der Waals surface area contributed by atoms with Gasteiger partial charge in [-0.15, -0.1) is 11.8 Å². The molecule has 1 aromatic rings. The van der Waals surface area contributed by atoms with Gasteiger partial charge in [-0.3, -0.25) is 14.3 Å². The van der Waals surface area contributed by atoms with Crippen molar-refractivity contribution in [1.29, 1.82) is 0 Å². The summed E-state index contributed by atoms with van der Waals surface area (Å²) in [6.07, 6.45) is 2.41. The zero-order valence-corrected chi connectivity index (χ0v) is 17.6. The first kappa shape index (κ1) is 18.9.